The first-order chi connectivity index (χ1) is 10.3. The Labute approximate surface area is 121 Å². The molecule has 1 amide bonds. The van der Waals surface area contributed by atoms with Crippen LogP contribution in [-0.4, -0.2) is 27.7 Å². The molecule has 0 unspecified atom stereocenters. The smallest absolute Gasteiger partial charge is 0.272 e. The first-order valence-electron chi connectivity index (χ1n) is 6.99. The van der Waals surface area contributed by atoms with Gasteiger partial charge in [-0.2, -0.15) is 5.10 Å². The highest BCUT2D eigenvalue weighted by Crippen LogP contribution is 2.15. The zero-order valence-electron chi connectivity index (χ0n) is 11.4. The lowest BCUT2D eigenvalue weighted by molar-refractivity contribution is 0.0733. The number of benzene rings is 1. The van der Waals surface area contributed by atoms with Gasteiger partial charge in [0.05, 0.1) is 12.7 Å². The van der Waals surface area contributed by atoms with Gasteiger partial charge in [0.15, 0.2) is 0 Å². The normalized spacial score (nSPS) is 15.8. The number of hydrogen-bond donors (Lipinski definition) is 1. The van der Waals surface area contributed by atoms with E-state index in [-0.39, 0.29) is 5.91 Å². The van der Waals surface area contributed by atoms with Crippen LogP contribution < -0.4 is 16.0 Å². The number of nitrogens with zero attached hydrogens (tertiary/aromatic N) is 3. The second kappa shape index (κ2) is 4.70. The standard InChI is InChI=1S/C16H14N4O/c21-16(11-4-2-1-3-5-11)20-10-13-7-6-12-8-17-19-14(9-18-20)15(12)13/h1-5,8-9,18H,6-7,10H2. The SMILES string of the molecule is O=C(c1ccccc1)N1CC2=c3c(cnnc3=CN1)CC2. The van der Waals surface area contributed by atoms with Crippen LogP contribution in [0, 0.1) is 0 Å². The van der Waals surface area contributed by atoms with Crippen LogP contribution in [0.2, 0.25) is 0 Å². The molecule has 104 valence electrons. The molecule has 0 saturated carbocycles. The molecule has 0 saturated heterocycles. The number of aromatic nitrogens is 2. The number of nitrogens with one attached hydrogen (secondary N) is 1. The minimum Gasteiger partial charge on any atom is -0.300 e. The molecule has 1 N–H and O–H groups in total. The van der Waals surface area contributed by atoms with Gasteiger partial charge < -0.3 is 5.43 Å². The molecule has 0 atom stereocenters. The monoisotopic (exact) mass is 278 g/mol. The number of hydrazine groups is 1. The van der Waals surface area contributed by atoms with E-state index in [1.165, 1.54) is 16.4 Å². The molecule has 0 spiro atoms. The lowest BCUT2D eigenvalue weighted by atomic mass is 10.1. The van der Waals surface area contributed by atoms with Crippen LogP contribution in [0.1, 0.15) is 22.3 Å². The largest absolute Gasteiger partial charge is 0.300 e. The van der Waals surface area contributed by atoms with Gasteiger partial charge in [0.1, 0.15) is 5.35 Å². The summed E-state index contributed by atoms with van der Waals surface area (Å²) in [5.74, 6) is -0.0337. The zero-order chi connectivity index (χ0) is 14.2. The van der Waals surface area contributed by atoms with Crippen LogP contribution in [0.3, 0.4) is 0 Å². The molecular formula is C16H14N4O. The second-order valence-electron chi connectivity index (χ2n) is 5.26. The fourth-order valence-electron chi connectivity index (χ4n) is 2.95. The molecule has 5 nitrogen and oxygen atoms in total. The summed E-state index contributed by atoms with van der Waals surface area (Å²) >= 11 is 0. The maximum atomic E-state index is 12.6. The second-order valence-corrected chi connectivity index (χ2v) is 5.26. The zero-order valence-corrected chi connectivity index (χ0v) is 11.4. The van der Waals surface area contributed by atoms with Crippen LogP contribution in [0.5, 0.6) is 0 Å². The van der Waals surface area contributed by atoms with Crippen LogP contribution in [0.25, 0.3) is 11.8 Å². The number of aryl methyl sites for hydroxylation is 1. The first kappa shape index (κ1) is 12.1. The summed E-state index contributed by atoms with van der Waals surface area (Å²) in [5, 5.41) is 11.8. The summed E-state index contributed by atoms with van der Waals surface area (Å²) in [6.45, 7) is 0.579. The van der Waals surface area contributed by atoms with E-state index in [0.717, 1.165) is 18.2 Å². The highest BCUT2D eigenvalue weighted by atomic mass is 16.2. The molecule has 2 aromatic rings. The molecule has 0 fully saturated rings. The Bertz CT molecular complexity index is 829. The third-order valence-corrected chi connectivity index (χ3v) is 3.98. The van der Waals surface area contributed by atoms with Crippen molar-refractivity contribution >= 4 is 17.7 Å². The number of rotatable bonds is 1. The Morgan fingerprint density at radius 1 is 1.19 bits per heavy atom. The summed E-state index contributed by atoms with van der Waals surface area (Å²) in [5.41, 5.74) is 6.21. The molecule has 4 rings (SSSR count). The van der Waals surface area contributed by atoms with Crippen molar-refractivity contribution in [2.45, 2.75) is 12.8 Å². The van der Waals surface area contributed by atoms with Crippen LogP contribution >= 0.6 is 0 Å². The third kappa shape index (κ3) is 1.98. The van der Waals surface area contributed by atoms with Crippen molar-refractivity contribution in [2.75, 3.05) is 6.54 Å². The van der Waals surface area contributed by atoms with Crippen molar-refractivity contribution in [3.05, 3.63) is 58.2 Å². The van der Waals surface area contributed by atoms with Crippen molar-refractivity contribution in [3.8, 4) is 0 Å². The quantitative estimate of drug-likeness (QED) is 0.796. The fourth-order valence-corrected chi connectivity index (χ4v) is 2.95. The van der Waals surface area contributed by atoms with Crippen LogP contribution in [-0.2, 0) is 6.42 Å². The number of carbonyl (C=O) groups excluding carboxylic acids is 1. The maximum absolute atomic E-state index is 12.6. The Morgan fingerprint density at radius 3 is 2.90 bits per heavy atom. The van der Waals surface area contributed by atoms with Crippen molar-refractivity contribution in [2.24, 2.45) is 0 Å². The van der Waals surface area contributed by atoms with Crippen molar-refractivity contribution in [1.82, 2.24) is 20.6 Å². The maximum Gasteiger partial charge on any atom is 0.272 e. The summed E-state index contributed by atoms with van der Waals surface area (Å²) in [4.78, 5) is 12.6. The van der Waals surface area contributed by atoms with Crippen molar-refractivity contribution < 1.29 is 4.79 Å². The van der Waals surface area contributed by atoms with Gasteiger partial charge in [-0.3, -0.25) is 4.79 Å². The molecule has 5 heteroatoms. The summed E-state index contributed by atoms with van der Waals surface area (Å²) in [6, 6.07) is 9.30. The molecule has 2 aliphatic rings. The van der Waals surface area contributed by atoms with Crippen LogP contribution in [0.4, 0.5) is 0 Å². The Hall–Kier alpha value is -2.69. The van der Waals surface area contributed by atoms with Gasteiger partial charge in [0.25, 0.3) is 5.91 Å². The van der Waals surface area contributed by atoms with E-state index in [1.807, 2.05) is 36.5 Å². The van der Waals surface area contributed by atoms with Gasteiger partial charge in [-0.05, 0) is 36.1 Å². The molecule has 1 aromatic carbocycles. The number of amides is 1. The highest BCUT2D eigenvalue weighted by Gasteiger charge is 2.22. The lowest BCUT2D eigenvalue weighted by Crippen LogP contribution is -2.40. The average Bonchev–Trinajstić information content (AvgIpc) is 2.85. The Morgan fingerprint density at radius 2 is 2.05 bits per heavy atom. The van der Waals surface area contributed by atoms with Gasteiger partial charge in [0, 0.05) is 17.0 Å². The molecule has 0 bridgehead atoms. The van der Waals surface area contributed by atoms with Crippen molar-refractivity contribution in [3.63, 3.8) is 0 Å². The molecule has 1 aliphatic heterocycles. The van der Waals surface area contributed by atoms with Gasteiger partial charge >= 0.3 is 0 Å². The molecule has 21 heavy (non-hydrogen) atoms. The number of carbonyl (C=O) groups is 1. The van der Waals surface area contributed by atoms with E-state index in [9.17, 15) is 4.79 Å². The molecular weight excluding hydrogens is 264 g/mol. The van der Waals surface area contributed by atoms with E-state index in [1.54, 1.807) is 11.2 Å². The lowest BCUT2D eigenvalue weighted by Gasteiger charge is -2.22. The fraction of sp³-hybridized carbons (Fsp3) is 0.188. The molecule has 0 radical (unpaired) electrons. The van der Waals surface area contributed by atoms with Gasteiger partial charge in [-0.25, -0.2) is 5.01 Å². The molecule has 2 heterocycles. The van der Waals surface area contributed by atoms with E-state index in [2.05, 4.69) is 15.6 Å². The predicted octanol–water partition coefficient (Wildman–Crippen LogP) is -0.0279. The van der Waals surface area contributed by atoms with Crippen LogP contribution in [0.15, 0.2) is 36.5 Å². The first-order valence-corrected chi connectivity index (χ1v) is 6.99. The van der Waals surface area contributed by atoms with Gasteiger partial charge in [0.2, 0.25) is 0 Å². The number of hydrogen-bond acceptors (Lipinski definition) is 4. The van der Waals surface area contributed by atoms with Gasteiger partial charge in [-0.1, -0.05) is 18.2 Å². The Kier molecular flexibility index (Phi) is 2.70. The Balaban J connectivity index is 1.75. The molecule has 1 aliphatic carbocycles. The highest BCUT2D eigenvalue weighted by molar-refractivity contribution is 5.94. The summed E-state index contributed by atoms with van der Waals surface area (Å²) in [6.07, 6.45) is 5.54. The molecule has 1 aromatic heterocycles. The van der Waals surface area contributed by atoms with Gasteiger partial charge in [-0.15, -0.1) is 5.10 Å². The van der Waals surface area contributed by atoms with E-state index in [0.29, 0.717) is 12.1 Å². The topological polar surface area (TPSA) is 58.1 Å². The predicted molar refractivity (Wildman–Crippen MR) is 78.1 cm³/mol. The average molecular weight is 278 g/mol. The van der Waals surface area contributed by atoms with E-state index < -0.39 is 0 Å². The minimum atomic E-state index is -0.0337. The summed E-state index contributed by atoms with van der Waals surface area (Å²) in [7, 11) is 0. The van der Waals surface area contributed by atoms with Crippen molar-refractivity contribution in [1.29, 1.82) is 0 Å². The minimum absolute atomic E-state index is 0.0337. The third-order valence-electron chi connectivity index (χ3n) is 3.98. The summed E-state index contributed by atoms with van der Waals surface area (Å²) < 4.78 is 0. The van der Waals surface area contributed by atoms with E-state index in [4.69, 9.17) is 0 Å². The van der Waals surface area contributed by atoms with E-state index >= 15 is 0 Å².